The van der Waals surface area contributed by atoms with Gasteiger partial charge in [-0.2, -0.15) is 10.4 Å². The van der Waals surface area contributed by atoms with Crippen LogP contribution in [0.5, 0.6) is 0 Å². The topological polar surface area (TPSA) is 74.8 Å². The van der Waals surface area contributed by atoms with Crippen molar-refractivity contribution in [3.05, 3.63) is 81.8 Å². The number of carbonyl (C=O) groups excluding carboxylic acids is 1. The lowest BCUT2D eigenvalue weighted by atomic mass is 10.1. The molecule has 6 nitrogen and oxygen atoms in total. The molecule has 1 aliphatic heterocycles. The van der Waals surface area contributed by atoms with E-state index in [1.807, 2.05) is 66.4 Å². The molecule has 0 bridgehead atoms. The van der Waals surface area contributed by atoms with Gasteiger partial charge in [-0.15, -0.1) is 11.3 Å². The van der Waals surface area contributed by atoms with Crippen molar-refractivity contribution in [3.8, 4) is 28.6 Å². The number of nitriles is 1. The van der Waals surface area contributed by atoms with Gasteiger partial charge in [-0.1, -0.05) is 42.5 Å². The third-order valence-corrected chi connectivity index (χ3v) is 6.96. The smallest absolute Gasteiger partial charge is 0.244 e. The monoisotopic (exact) mass is 453 g/mol. The molecular weight excluding hydrogens is 430 g/mol. The molecule has 5 rings (SSSR count). The van der Waals surface area contributed by atoms with Gasteiger partial charge >= 0.3 is 0 Å². The van der Waals surface area contributed by atoms with Crippen LogP contribution in [0.2, 0.25) is 0 Å². The molecule has 0 spiro atoms. The molecule has 0 radical (unpaired) electrons. The third kappa shape index (κ3) is 4.43. The summed E-state index contributed by atoms with van der Waals surface area (Å²) in [6.07, 6.45) is 1.64. The highest BCUT2D eigenvalue weighted by molar-refractivity contribution is 7.11. The van der Waals surface area contributed by atoms with E-state index in [4.69, 9.17) is 5.10 Å². The second-order valence-electron chi connectivity index (χ2n) is 8.11. The molecule has 7 heteroatoms. The van der Waals surface area contributed by atoms with Crippen LogP contribution in [-0.4, -0.2) is 38.7 Å². The van der Waals surface area contributed by atoms with Gasteiger partial charge in [0.25, 0.3) is 0 Å². The molecule has 1 amide bonds. The van der Waals surface area contributed by atoms with Gasteiger partial charge in [-0.25, -0.2) is 4.98 Å². The number of fused-ring (bicyclic) bond motifs is 1. The van der Waals surface area contributed by atoms with Crippen molar-refractivity contribution in [2.75, 3.05) is 13.1 Å². The lowest BCUT2D eigenvalue weighted by molar-refractivity contribution is -0.131. The van der Waals surface area contributed by atoms with Gasteiger partial charge in [0.2, 0.25) is 5.91 Å². The Balaban J connectivity index is 1.43. The average molecular weight is 454 g/mol. The number of aryl methyl sites for hydroxylation is 1. The summed E-state index contributed by atoms with van der Waals surface area (Å²) in [6.45, 7) is 3.58. The minimum Gasteiger partial charge on any atom is -0.340 e. The van der Waals surface area contributed by atoms with E-state index in [1.165, 1.54) is 4.88 Å². The van der Waals surface area contributed by atoms with Gasteiger partial charge in [0.1, 0.15) is 6.54 Å². The zero-order valence-electron chi connectivity index (χ0n) is 18.4. The number of aromatic nitrogens is 3. The lowest BCUT2D eigenvalue weighted by Crippen LogP contribution is -2.36. The Morgan fingerprint density at radius 3 is 2.67 bits per heavy atom. The number of rotatable bonds is 4. The molecule has 0 saturated carbocycles. The SMILES string of the molecule is Cc1nc2c(s1)CCN(C(=O)Cn1nc(-c3cccc(C#N)c3)cc1-c1ccccc1)CC2. The largest absolute Gasteiger partial charge is 0.340 e. The normalized spacial score (nSPS) is 13.3. The first-order valence-corrected chi connectivity index (χ1v) is 11.8. The van der Waals surface area contributed by atoms with Gasteiger partial charge in [0.05, 0.1) is 33.7 Å². The molecule has 1 aliphatic rings. The number of amides is 1. The molecule has 0 fully saturated rings. The molecule has 0 unspecified atom stereocenters. The summed E-state index contributed by atoms with van der Waals surface area (Å²) >= 11 is 1.74. The fraction of sp³-hybridized carbons (Fsp3) is 0.231. The Morgan fingerprint density at radius 1 is 1.06 bits per heavy atom. The maximum Gasteiger partial charge on any atom is 0.244 e. The van der Waals surface area contributed by atoms with Crippen LogP contribution in [-0.2, 0) is 24.2 Å². The molecule has 33 heavy (non-hydrogen) atoms. The van der Waals surface area contributed by atoms with Crippen molar-refractivity contribution < 1.29 is 4.79 Å². The summed E-state index contributed by atoms with van der Waals surface area (Å²) in [6, 6.07) is 21.5. The zero-order chi connectivity index (χ0) is 22.8. The average Bonchev–Trinajstić information content (AvgIpc) is 3.36. The van der Waals surface area contributed by atoms with E-state index in [9.17, 15) is 10.1 Å². The van der Waals surface area contributed by atoms with Gasteiger partial charge in [0.15, 0.2) is 0 Å². The van der Waals surface area contributed by atoms with Gasteiger partial charge < -0.3 is 4.90 Å². The van der Waals surface area contributed by atoms with Crippen molar-refractivity contribution in [2.24, 2.45) is 0 Å². The predicted octanol–water partition coefficient (Wildman–Crippen LogP) is 4.48. The molecule has 2 aromatic carbocycles. The number of carbonyl (C=O) groups is 1. The molecule has 0 aliphatic carbocycles. The highest BCUT2D eigenvalue weighted by Gasteiger charge is 2.23. The first-order valence-electron chi connectivity index (χ1n) is 11.0. The summed E-state index contributed by atoms with van der Waals surface area (Å²) in [7, 11) is 0. The fourth-order valence-electron chi connectivity index (χ4n) is 4.24. The first kappa shape index (κ1) is 21.1. The Labute approximate surface area is 196 Å². The summed E-state index contributed by atoms with van der Waals surface area (Å²) in [5.74, 6) is 0.0551. The Morgan fingerprint density at radius 2 is 1.85 bits per heavy atom. The molecule has 3 heterocycles. The maximum absolute atomic E-state index is 13.3. The van der Waals surface area contributed by atoms with Crippen LogP contribution >= 0.6 is 11.3 Å². The van der Waals surface area contributed by atoms with E-state index in [0.717, 1.165) is 46.1 Å². The van der Waals surface area contributed by atoms with Crippen molar-refractivity contribution >= 4 is 17.2 Å². The van der Waals surface area contributed by atoms with Crippen LogP contribution in [0.1, 0.15) is 21.1 Å². The van der Waals surface area contributed by atoms with E-state index in [0.29, 0.717) is 18.7 Å². The maximum atomic E-state index is 13.3. The molecular formula is C26H23N5OS. The quantitative estimate of drug-likeness (QED) is 0.457. The minimum absolute atomic E-state index is 0.0551. The van der Waals surface area contributed by atoms with E-state index in [1.54, 1.807) is 22.1 Å². The standard InChI is InChI=1S/C26H23N5OS/c1-18-28-22-10-12-30(13-11-25(22)33-18)26(32)17-31-24(20-7-3-2-4-8-20)15-23(29-31)21-9-5-6-19(14-21)16-27/h2-9,14-15H,10-13,17H2,1H3. The molecule has 0 atom stereocenters. The van der Waals surface area contributed by atoms with Gasteiger partial charge in [-0.3, -0.25) is 9.48 Å². The Hall–Kier alpha value is -3.76. The summed E-state index contributed by atoms with van der Waals surface area (Å²) in [5, 5.41) is 15.1. The summed E-state index contributed by atoms with van der Waals surface area (Å²) < 4.78 is 1.79. The van der Waals surface area contributed by atoms with E-state index >= 15 is 0 Å². The van der Waals surface area contributed by atoms with E-state index in [2.05, 4.69) is 11.1 Å². The highest BCUT2D eigenvalue weighted by Crippen LogP contribution is 2.27. The lowest BCUT2D eigenvalue weighted by Gasteiger charge is -2.20. The zero-order valence-corrected chi connectivity index (χ0v) is 19.2. The van der Waals surface area contributed by atoms with E-state index < -0.39 is 0 Å². The van der Waals surface area contributed by atoms with E-state index in [-0.39, 0.29) is 12.5 Å². The summed E-state index contributed by atoms with van der Waals surface area (Å²) in [4.78, 5) is 21.2. The number of thiazole rings is 1. The van der Waals surface area contributed by atoms with Crippen molar-refractivity contribution in [2.45, 2.75) is 26.3 Å². The number of nitrogens with zero attached hydrogens (tertiary/aromatic N) is 5. The van der Waals surface area contributed by atoms with Gasteiger partial charge in [0, 0.05) is 36.4 Å². The van der Waals surface area contributed by atoms with Crippen molar-refractivity contribution in [1.29, 1.82) is 5.26 Å². The van der Waals surface area contributed by atoms with Crippen molar-refractivity contribution in [3.63, 3.8) is 0 Å². The molecule has 0 N–H and O–H groups in total. The fourth-order valence-corrected chi connectivity index (χ4v) is 5.21. The Kier molecular flexibility index (Phi) is 5.76. The predicted molar refractivity (Wildman–Crippen MR) is 129 cm³/mol. The number of hydrogen-bond donors (Lipinski definition) is 0. The second kappa shape index (κ2) is 9.00. The second-order valence-corrected chi connectivity index (χ2v) is 9.40. The molecule has 164 valence electrons. The summed E-state index contributed by atoms with van der Waals surface area (Å²) in [5.41, 5.74) is 5.21. The molecule has 0 saturated heterocycles. The first-order chi connectivity index (χ1) is 16.1. The third-order valence-electron chi connectivity index (χ3n) is 5.89. The van der Waals surface area contributed by atoms with Gasteiger partial charge in [-0.05, 0) is 30.7 Å². The van der Waals surface area contributed by atoms with Crippen LogP contribution in [0.25, 0.3) is 22.5 Å². The molecule has 4 aromatic rings. The number of hydrogen-bond acceptors (Lipinski definition) is 5. The van der Waals surface area contributed by atoms with Crippen molar-refractivity contribution in [1.82, 2.24) is 19.7 Å². The van der Waals surface area contributed by atoms with Crippen LogP contribution < -0.4 is 0 Å². The van der Waals surface area contributed by atoms with Crippen LogP contribution in [0.4, 0.5) is 0 Å². The van der Waals surface area contributed by atoms with Crippen LogP contribution in [0.15, 0.2) is 60.7 Å². The number of benzene rings is 2. The molecule has 2 aromatic heterocycles. The van der Waals surface area contributed by atoms with Crippen LogP contribution in [0.3, 0.4) is 0 Å². The van der Waals surface area contributed by atoms with Crippen LogP contribution in [0, 0.1) is 18.3 Å². The Bertz CT molecular complexity index is 1320. The highest BCUT2D eigenvalue weighted by atomic mass is 32.1. The minimum atomic E-state index is 0.0551.